The number of ether oxygens (including phenoxy) is 1. The van der Waals surface area contributed by atoms with Crippen molar-refractivity contribution in [3.8, 4) is 28.3 Å². The van der Waals surface area contributed by atoms with Gasteiger partial charge in [-0.2, -0.15) is 10.1 Å². The highest BCUT2D eigenvalue weighted by Gasteiger charge is 2.26. The highest BCUT2D eigenvalue weighted by atomic mass is 16.5. The third kappa shape index (κ3) is 5.52. The molecule has 8 nitrogen and oxygen atoms in total. The zero-order chi connectivity index (χ0) is 27.3. The number of rotatable bonds is 7. The predicted molar refractivity (Wildman–Crippen MR) is 154 cm³/mol. The molecule has 2 N–H and O–H groups in total. The Balaban J connectivity index is 1.50. The van der Waals surface area contributed by atoms with E-state index in [0.29, 0.717) is 18.2 Å². The molecule has 2 atom stereocenters. The van der Waals surface area contributed by atoms with Gasteiger partial charge >= 0.3 is 5.97 Å². The van der Waals surface area contributed by atoms with Crippen molar-refractivity contribution in [2.24, 2.45) is 0 Å². The SMILES string of the molecule is O=C1C[C@H](O)C[C@@H](/C=C/c2c(-c3ccccc3)nn(-c3ccnc(Nc4ccccc4)n3)c2-c2ccccc2)O1. The van der Waals surface area contributed by atoms with Crippen LogP contribution >= 0.6 is 0 Å². The first kappa shape index (κ1) is 25.2. The van der Waals surface area contributed by atoms with Gasteiger partial charge in [0.25, 0.3) is 0 Å². The predicted octanol–water partition coefficient (Wildman–Crippen LogP) is 5.82. The number of para-hydroxylation sites is 1. The second-order valence-corrected chi connectivity index (χ2v) is 9.47. The van der Waals surface area contributed by atoms with E-state index < -0.39 is 18.2 Å². The standard InChI is InChI=1S/C32H27N5O3/c38-25-20-26(40-29(39)21-25)16-17-27-30(22-10-4-1-5-11-22)36-37(31(27)23-12-6-2-7-13-23)28-18-19-33-32(35-28)34-24-14-8-3-9-15-24/h1-19,25-26,38H,20-21H2,(H,33,34,35)/b17-16+/t25-,26-/m1/s1. The first-order valence-electron chi connectivity index (χ1n) is 13.1. The molecule has 40 heavy (non-hydrogen) atoms. The van der Waals surface area contributed by atoms with Crippen LogP contribution in [-0.2, 0) is 9.53 Å². The number of aliphatic hydroxyl groups is 1. The Morgan fingerprint density at radius 3 is 2.27 bits per heavy atom. The maximum atomic E-state index is 12.0. The van der Waals surface area contributed by atoms with Gasteiger partial charge in [0.1, 0.15) is 11.8 Å². The third-order valence-corrected chi connectivity index (χ3v) is 6.57. The number of carbonyl (C=O) groups excluding carboxylic acids is 1. The minimum Gasteiger partial charge on any atom is -0.458 e. The Kier molecular flexibility index (Phi) is 7.15. The molecule has 0 bridgehead atoms. The lowest BCUT2D eigenvalue weighted by molar-refractivity contribution is -0.156. The molecular weight excluding hydrogens is 502 g/mol. The first-order chi connectivity index (χ1) is 19.6. The summed E-state index contributed by atoms with van der Waals surface area (Å²) in [7, 11) is 0. The topological polar surface area (TPSA) is 102 Å². The second-order valence-electron chi connectivity index (χ2n) is 9.47. The number of carbonyl (C=O) groups is 1. The largest absolute Gasteiger partial charge is 0.458 e. The third-order valence-electron chi connectivity index (χ3n) is 6.57. The van der Waals surface area contributed by atoms with E-state index in [1.807, 2.05) is 114 Å². The van der Waals surface area contributed by atoms with Crippen molar-refractivity contribution in [3.05, 3.63) is 115 Å². The van der Waals surface area contributed by atoms with Crippen molar-refractivity contribution in [2.75, 3.05) is 5.32 Å². The van der Waals surface area contributed by atoms with Gasteiger partial charge in [-0.05, 0) is 18.2 Å². The molecule has 198 valence electrons. The van der Waals surface area contributed by atoms with Crippen LogP contribution in [0.2, 0.25) is 0 Å². The Bertz CT molecular complexity index is 1640. The molecule has 3 aromatic carbocycles. The van der Waals surface area contributed by atoms with Crippen LogP contribution in [0.25, 0.3) is 34.4 Å². The van der Waals surface area contributed by atoms with E-state index in [2.05, 4.69) is 10.3 Å². The van der Waals surface area contributed by atoms with Crippen LogP contribution in [0.3, 0.4) is 0 Å². The van der Waals surface area contributed by atoms with E-state index in [9.17, 15) is 9.90 Å². The molecule has 0 radical (unpaired) electrons. The second kappa shape index (κ2) is 11.3. The molecule has 5 aromatic rings. The summed E-state index contributed by atoms with van der Waals surface area (Å²) in [6.07, 6.45) is 4.55. The maximum absolute atomic E-state index is 12.0. The van der Waals surface area contributed by atoms with Crippen LogP contribution in [-0.4, -0.2) is 43.0 Å². The molecule has 0 saturated carbocycles. The molecule has 6 rings (SSSR count). The van der Waals surface area contributed by atoms with Crippen molar-refractivity contribution in [3.63, 3.8) is 0 Å². The minimum atomic E-state index is -0.725. The highest BCUT2D eigenvalue weighted by Crippen LogP contribution is 2.35. The molecule has 2 aromatic heterocycles. The van der Waals surface area contributed by atoms with Crippen LogP contribution in [0.5, 0.6) is 0 Å². The number of hydrogen-bond acceptors (Lipinski definition) is 7. The van der Waals surface area contributed by atoms with Crippen LogP contribution in [0.15, 0.2) is 109 Å². The van der Waals surface area contributed by atoms with Gasteiger partial charge in [0, 0.05) is 41.1 Å². The fourth-order valence-corrected chi connectivity index (χ4v) is 4.75. The van der Waals surface area contributed by atoms with Crippen LogP contribution < -0.4 is 5.32 Å². The molecule has 0 amide bonds. The van der Waals surface area contributed by atoms with Gasteiger partial charge in [-0.15, -0.1) is 0 Å². The molecule has 0 aliphatic carbocycles. The van der Waals surface area contributed by atoms with Crippen molar-refractivity contribution < 1.29 is 14.6 Å². The van der Waals surface area contributed by atoms with E-state index in [-0.39, 0.29) is 6.42 Å². The van der Waals surface area contributed by atoms with E-state index >= 15 is 0 Å². The zero-order valence-electron chi connectivity index (χ0n) is 21.6. The number of aliphatic hydroxyl groups excluding tert-OH is 1. The summed E-state index contributed by atoms with van der Waals surface area (Å²) >= 11 is 0. The van der Waals surface area contributed by atoms with Gasteiger partial charge in [-0.25, -0.2) is 9.67 Å². The molecule has 3 heterocycles. The Hall–Kier alpha value is -5.08. The van der Waals surface area contributed by atoms with E-state index in [0.717, 1.165) is 33.8 Å². The van der Waals surface area contributed by atoms with Crippen LogP contribution in [0, 0.1) is 0 Å². The van der Waals surface area contributed by atoms with Crippen LogP contribution in [0.1, 0.15) is 18.4 Å². The number of nitrogens with zero attached hydrogens (tertiary/aromatic N) is 4. The number of anilines is 2. The molecular formula is C32H27N5O3. The molecule has 1 aliphatic rings. The number of benzene rings is 3. The molecule has 0 spiro atoms. The average molecular weight is 530 g/mol. The molecule has 8 heteroatoms. The fraction of sp³-hybridized carbons (Fsp3) is 0.125. The minimum absolute atomic E-state index is 0.0138. The van der Waals surface area contributed by atoms with Crippen molar-refractivity contribution in [1.29, 1.82) is 0 Å². The molecule has 1 fully saturated rings. The summed E-state index contributed by atoms with van der Waals surface area (Å²) in [6.45, 7) is 0. The first-order valence-corrected chi connectivity index (χ1v) is 13.1. The van der Waals surface area contributed by atoms with Crippen molar-refractivity contribution >= 4 is 23.7 Å². The van der Waals surface area contributed by atoms with E-state index in [4.69, 9.17) is 14.8 Å². The lowest BCUT2D eigenvalue weighted by Crippen LogP contribution is -2.31. The van der Waals surface area contributed by atoms with Gasteiger partial charge in [0.2, 0.25) is 5.95 Å². The van der Waals surface area contributed by atoms with E-state index in [1.165, 1.54) is 0 Å². The number of esters is 1. The summed E-state index contributed by atoms with van der Waals surface area (Å²) < 4.78 is 7.31. The monoisotopic (exact) mass is 529 g/mol. The maximum Gasteiger partial charge on any atom is 0.309 e. The number of nitrogens with one attached hydrogen (secondary N) is 1. The number of cyclic esters (lactones) is 1. The number of hydrogen-bond donors (Lipinski definition) is 2. The van der Waals surface area contributed by atoms with Gasteiger partial charge in [0.05, 0.1) is 18.2 Å². The molecule has 1 saturated heterocycles. The van der Waals surface area contributed by atoms with Gasteiger partial charge in [-0.1, -0.05) is 84.9 Å². The summed E-state index contributed by atoms with van der Waals surface area (Å²) in [6, 6.07) is 31.4. The molecule has 1 aliphatic heterocycles. The van der Waals surface area contributed by atoms with E-state index in [1.54, 1.807) is 6.20 Å². The Morgan fingerprint density at radius 1 is 0.900 bits per heavy atom. The lowest BCUT2D eigenvalue weighted by atomic mass is 9.99. The smallest absolute Gasteiger partial charge is 0.309 e. The summed E-state index contributed by atoms with van der Waals surface area (Å²) in [5.74, 6) is 0.624. The highest BCUT2D eigenvalue weighted by molar-refractivity contribution is 5.84. The van der Waals surface area contributed by atoms with Gasteiger partial charge in [-0.3, -0.25) is 4.79 Å². The lowest BCUT2D eigenvalue weighted by Gasteiger charge is -2.23. The summed E-state index contributed by atoms with van der Waals surface area (Å²) in [4.78, 5) is 21.2. The van der Waals surface area contributed by atoms with Crippen molar-refractivity contribution in [1.82, 2.24) is 19.7 Å². The number of aromatic nitrogens is 4. The fourth-order valence-electron chi connectivity index (χ4n) is 4.75. The Labute approximate surface area is 231 Å². The average Bonchev–Trinajstić information content (AvgIpc) is 3.37. The molecule has 0 unspecified atom stereocenters. The summed E-state index contributed by atoms with van der Waals surface area (Å²) in [5, 5.41) is 18.4. The van der Waals surface area contributed by atoms with Gasteiger partial charge in [0.15, 0.2) is 5.82 Å². The zero-order valence-corrected chi connectivity index (χ0v) is 21.6. The van der Waals surface area contributed by atoms with Crippen molar-refractivity contribution in [2.45, 2.75) is 25.0 Å². The Morgan fingerprint density at radius 2 is 1.57 bits per heavy atom. The normalized spacial score (nSPS) is 17.1. The summed E-state index contributed by atoms with van der Waals surface area (Å²) in [5.41, 5.74) is 5.15. The van der Waals surface area contributed by atoms with Gasteiger partial charge < -0.3 is 15.2 Å². The van der Waals surface area contributed by atoms with Crippen LogP contribution in [0.4, 0.5) is 11.6 Å². The quantitative estimate of drug-likeness (QED) is 0.256.